The molecule has 0 radical (unpaired) electrons. The summed E-state index contributed by atoms with van der Waals surface area (Å²) in [5, 5.41) is 4.87. The highest BCUT2D eigenvalue weighted by Crippen LogP contribution is 2.34. The molecule has 0 heterocycles. The second kappa shape index (κ2) is 11.1. The van der Waals surface area contributed by atoms with Gasteiger partial charge in [0.05, 0.1) is 34.0 Å². The molecule has 0 aliphatic heterocycles. The first-order valence-corrected chi connectivity index (χ1v) is 12.4. The van der Waals surface area contributed by atoms with Crippen molar-refractivity contribution in [2.45, 2.75) is 11.8 Å². The summed E-state index contributed by atoms with van der Waals surface area (Å²) in [6.45, 7) is 1.26. The summed E-state index contributed by atoms with van der Waals surface area (Å²) in [7, 11) is -2.76. The number of carbonyl (C=O) groups is 1. The average Bonchev–Trinajstić information content (AvgIpc) is 2.80. The smallest absolute Gasteiger partial charge is 0.264 e. The first kappa shape index (κ1) is 25.8. The summed E-state index contributed by atoms with van der Waals surface area (Å²) < 4.78 is 33.3. The lowest BCUT2D eigenvalue weighted by molar-refractivity contribution is -0.119. The van der Waals surface area contributed by atoms with Crippen LogP contribution in [0.5, 0.6) is 5.75 Å². The first-order chi connectivity index (χ1) is 16.1. The fourth-order valence-corrected chi connectivity index (χ4v) is 4.83. The van der Waals surface area contributed by atoms with Gasteiger partial charge in [0, 0.05) is 5.02 Å². The van der Waals surface area contributed by atoms with Crippen molar-refractivity contribution in [2.75, 3.05) is 18.0 Å². The van der Waals surface area contributed by atoms with Crippen molar-refractivity contribution in [3.63, 3.8) is 0 Å². The van der Waals surface area contributed by atoms with E-state index < -0.39 is 22.5 Å². The Morgan fingerprint density at radius 3 is 2.38 bits per heavy atom. The maximum absolute atomic E-state index is 13.5. The quantitative estimate of drug-likeness (QED) is 0.310. The van der Waals surface area contributed by atoms with Gasteiger partial charge in [-0.3, -0.25) is 9.10 Å². The van der Waals surface area contributed by atoms with E-state index in [2.05, 4.69) is 10.5 Å². The first-order valence-electron chi connectivity index (χ1n) is 9.81. The molecule has 0 fully saturated rings. The van der Waals surface area contributed by atoms with Gasteiger partial charge in [0.2, 0.25) is 0 Å². The van der Waals surface area contributed by atoms with E-state index in [1.54, 1.807) is 36.4 Å². The number of rotatable bonds is 8. The summed E-state index contributed by atoms with van der Waals surface area (Å²) in [5.41, 5.74) is 3.92. The van der Waals surface area contributed by atoms with Gasteiger partial charge in [-0.25, -0.2) is 13.8 Å². The SMILES string of the molecule is COc1ccc(Cl)cc1N(CC(=O)N/N=C\c1ccc(Cl)c(Cl)c1)S(=O)(=O)c1ccc(C)cc1. The summed E-state index contributed by atoms with van der Waals surface area (Å²) in [5.74, 6) is -0.457. The Morgan fingerprint density at radius 1 is 1.03 bits per heavy atom. The highest BCUT2D eigenvalue weighted by atomic mass is 35.5. The number of nitrogens with zero attached hydrogens (tertiary/aromatic N) is 2. The van der Waals surface area contributed by atoms with Crippen LogP contribution in [0.1, 0.15) is 11.1 Å². The van der Waals surface area contributed by atoms with Crippen molar-refractivity contribution in [1.29, 1.82) is 0 Å². The molecule has 34 heavy (non-hydrogen) atoms. The zero-order valence-electron chi connectivity index (χ0n) is 18.1. The third kappa shape index (κ3) is 6.21. The monoisotopic (exact) mass is 539 g/mol. The number of carbonyl (C=O) groups excluding carboxylic acids is 1. The van der Waals surface area contributed by atoms with Crippen LogP contribution >= 0.6 is 34.8 Å². The van der Waals surface area contributed by atoms with Crippen LogP contribution in [-0.2, 0) is 14.8 Å². The van der Waals surface area contributed by atoms with E-state index >= 15 is 0 Å². The van der Waals surface area contributed by atoms with Crippen molar-refractivity contribution in [3.05, 3.63) is 86.9 Å². The number of amides is 1. The summed E-state index contributed by atoms with van der Waals surface area (Å²) in [6, 6.07) is 15.6. The highest BCUT2D eigenvalue weighted by molar-refractivity contribution is 7.92. The Labute approximate surface area is 212 Å². The van der Waals surface area contributed by atoms with Crippen LogP contribution in [0.2, 0.25) is 15.1 Å². The van der Waals surface area contributed by atoms with Crippen LogP contribution in [0.15, 0.2) is 70.7 Å². The maximum Gasteiger partial charge on any atom is 0.264 e. The second-order valence-electron chi connectivity index (χ2n) is 7.11. The number of nitrogens with one attached hydrogen (secondary N) is 1. The van der Waals surface area contributed by atoms with E-state index in [1.807, 2.05) is 6.92 Å². The van der Waals surface area contributed by atoms with Crippen molar-refractivity contribution < 1.29 is 17.9 Å². The van der Waals surface area contributed by atoms with E-state index in [0.29, 0.717) is 15.6 Å². The Bertz CT molecular complexity index is 1330. The molecule has 0 unspecified atom stereocenters. The molecule has 0 atom stereocenters. The molecular weight excluding hydrogens is 521 g/mol. The fraction of sp³-hybridized carbons (Fsp3) is 0.130. The molecular formula is C23H20Cl3N3O4S. The largest absolute Gasteiger partial charge is 0.495 e. The molecule has 1 amide bonds. The third-order valence-corrected chi connectivity index (χ3v) is 7.40. The van der Waals surface area contributed by atoms with Gasteiger partial charge < -0.3 is 4.74 Å². The third-order valence-electron chi connectivity index (χ3n) is 4.65. The Hall–Kier alpha value is -2.78. The number of ether oxygens (including phenoxy) is 1. The van der Waals surface area contributed by atoms with Crippen molar-refractivity contribution >= 4 is 62.6 Å². The molecule has 0 bridgehead atoms. The lowest BCUT2D eigenvalue weighted by atomic mass is 10.2. The van der Waals surface area contributed by atoms with Crippen LogP contribution in [0.4, 0.5) is 5.69 Å². The number of sulfonamides is 1. The van der Waals surface area contributed by atoms with E-state index in [0.717, 1.165) is 9.87 Å². The molecule has 0 spiro atoms. The predicted molar refractivity (Wildman–Crippen MR) is 136 cm³/mol. The van der Waals surface area contributed by atoms with Crippen LogP contribution in [0, 0.1) is 6.92 Å². The minimum Gasteiger partial charge on any atom is -0.495 e. The van der Waals surface area contributed by atoms with Gasteiger partial charge in [0.15, 0.2) is 0 Å². The molecule has 0 aromatic heterocycles. The zero-order valence-corrected chi connectivity index (χ0v) is 21.2. The van der Waals surface area contributed by atoms with Crippen LogP contribution in [0.3, 0.4) is 0 Å². The number of hydrogen-bond donors (Lipinski definition) is 1. The molecule has 0 saturated carbocycles. The van der Waals surface area contributed by atoms with Gasteiger partial charge in [0.25, 0.3) is 15.9 Å². The molecule has 3 aromatic carbocycles. The Kier molecular flexibility index (Phi) is 8.43. The molecule has 1 N–H and O–H groups in total. The number of halogens is 3. The number of anilines is 1. The van der Waals surface area contributed by atoms with Crippen molar-refractivity contribution in [1.82, 2.24) is 5.43 Å². The molecule has 0 saturated heterocycles. The minimum atomic E-state index is -4.15. The number of benzene rings is 3. The fourth-order valence-electron chi connectivity index (χ4n) is 2.93. The average molecular weight is 541 g/mol. The highest BCUT2D eigenvalue weighted by Gasteiger charge is 2.29. The number of aryl methyl sites for hydroxylation is 1. The van der Waals surface area contributed by atoms with E-state index in [4.69, 9.17) is 39.5 Å². The van der Waals surface area contributed by atoms with Gasteiger partial charge in [-0.05, 0) is 55.0 Å². The van der Waals surface area contributed by atoms with Crippen molar-refractivity contribution in [2.24, 2.45) is 5.10 Å². The standard InChI is InChI=1S/C23H20Cl3N3O4S/c1-15-3-7-18(8-4-15)34(31,32)29(21-12-17(24)6-10-22(21)33-2)14-23(30)28-27-13-16-5-9-19(25)20(26)11-16/h3-13H,14H2,1-2H3,(H,28,30)/b27-13-. The van der Waals surface area contributed by atoms with E-state index in [1.165, 1.54) is 37.6 Å². The van der Waals surface area contributed by atoms with Gasteiger partial charge in [0.1, 0.15) is 12.3 Å². The lowest BCUT2D eigenvalue weighted by Gasteiger charge is -2.25. The summed E-state index contributed by atoms with van der Waals surface area (Å²) in [4.78, 5) is 12.7. The second-order valence-corrected chi connectivity index (χ2v) is 10.2. The molecule has 7 nitrogen and oxygen atoms in total. The molecule has 3 aromatic rings. The minimum absolute atomic E-state index is 0.00670. The number of hydrogen-bond acceptors (Lipinski definition) is 5. The molecule has 0 aliphatic rings. The molecule has 178 valence electrons. The topological polar surface area (TPSA) is 88.1 Å². The van der Waals surface area contributed by atoms with Crippen LogP contribution in [-0.4, -0.2) is 34.2 Å². The van der Waals surface area contributed by atoms with Gasteiger partial charge in [-0.1, -0.05) is 58.6 Å². The molecule has 3 rings (SSSR count). The Balaban J connectivity index is 1.91. The zero-order chi connectivity index (χ0) is 24.9. The van der Waals surface area contributed by atoms with Gasteiger partial charge in [-0.2, -0.15) is 5.10 Å². The van der Waals surface area contributed by atoms with Crippen molar-refractivity contribution in [3.8, 4) is 5.75 Å². The Morgan fingerprint density at radius 2 is 1.74 bits per heavy atom. The number of hydrazone groups is 1. The summed E-state index contributed by atoms with van der Waals surface area (Å²) in [6.07, 6.45) is 1.36. The maximum atomic E-state index is 13.5. The van der Waals surface area contributed by atoms with Crippen LogP contribution in [0.25, 0.3) is 0 Å². The van der Waals surface area contributed by atoms with Gasteiger partial charge in [-0.15, -0.1) is 0 Å². The van der Waals surface area contributed by atoms with Gasteiger partial charge >= 0.3 is 0 Å². The molecule has 0 aliphatic carbocycles. The molecule has 11 heteroatoms. The number of methoxy groups -OCH3 is 1. The van der Waals surface area contributed by atoms with Crippen LogP contribution < -0.4 is 14.5 Å². The lowest BCUT2D eigenvalue weighted by Crippen LogP contribution is -2.39. The summed E-state index contributed by atoms with van der Waals surface area (Å²) >= 11 is 18.0. The van der Waals surface area contributed by atoms with E-state index in [-0.39, 0.29) is 21.4 Å². The predicted octanol–water partition coefficient (Wildman–Crippen LogP) is 5.31. The normalized spacial score (nSPS) is 11.4. The van der Waals surface area contributed by atoms with E-state index in [9.17, 15) is 13.2 Å².